The molecule has 7 nitrogen and oxygen atoms in total. The third-order valence-electron chi connectivity index (χ3n) is 5.69. The molecule has 0 saturated carbocycles. The molecule has 0 aliphatic carbocycles. The first kappa shape index (κ1) is 24.1. The molecule has 3 aromatic rings. The molecule has 1 fully saturated rings. The van der Waals surface area contributed by atoms with E-state index < -0.39 is 33.9 Å². The zero-order valence-corrected chi connectivity index (χ0v) is 19.0. The lowest BCUT2D eigenvalue weighted by atomic mass is 10.0. The average molecular weight is 493 g/mol. The molecule has 0 bridgehead atoms. The van der Waals surface area contributed by atoms with E-state index in [-0.39, 0.29) is 30.2 Å². The molecule has 1 aliphatic rings. The molecule has 11 heteroatoms. The summed E-state index contributed by atoms with van der Waals surface area (Å²) in [5.74, 6) is 0.176. The van der Waals surface area contributed by atoms with Crippen molar-refractivity contribution in [2.24, 2.45) is 0 Å². The molecule has 0 spiro atoms. The van der Waals surface area contributed by atoms with Crippen LogP contribution < -0.4 is 5.32 Å². The third-order valence-corrected chi connectivity index (χ3v) is 7.57. The van der Waals surface area contributed by atoms with Crippen molar-refractivity contribution in [2.75, 3.05) is 18.4 Å². The molecule has 4 rings (SSSR count). The number of aromatic nitrogens is 2. The van der Waals surface area contributed by atoms with Crippen LogP contribution >= 0.6 is 0 Å². The standard InChI is InChI=1S/C23H23F3N4O3S/c1-15-12-17(8-10-27-15)16-2-5-19(6-3-16)34(32,33)30-11-9-20(21(31)14-30)29-22-7-4-18(13-28-22)23(24,25)26/h2-8,10,12-13,20-21,31H,9,11,14H2,1H3,(H,28,29)/t20-,21+/m1/s1. The van der Waals surface area contributed by atoms with Gasteiger partial charge in [-0.15, -0.1) is 0 Å². The Morgan fingerprint density at radius 2 is 1.79 bits per heavy atom. The van der Waals surface area contributed by atoms with E-state index in [1.165, 1.54) is 22.5 Å². The second-order valence-corrected chi connectivity index (χ2v) is 10.0. The Bertz CT molecular complexity index is 1250. The summed E-state index contributed by atoms with van der Waals surface area (Å²) in [7, 11) is -3.83. The van der Waals surface area contributed by atoms with E-state index in [9.17, 15) is 26.7 Å². The highest BCUT2D eigenvalue weighted by molar-refractivity contribution is 7.89. The fourth-order valence-corrected chi connectivity index (χ4v) is 5.29. The number of benzene rings is 1. The number of rotatable bonds is 5. The largest absolute Gasteiger partial charge is 0.417 e. The van der Waals surface area contributed by atoms with Crippen molar-refractivity contribution < 1.29 is 26.7 Å². The highest BCUT2D eigenvalue weighted by Crippen LogP contribution is 2.30. The van der Waals surface area contributed by atoms with E-state index in [0.717, 1.165) is 22.9 Å². The molecule has 180 valence electrons. The molecule has 2 aromatic heterocycles. The number of sulfonamides is 1. The molecule has 1 aromatic carbocycles. The monoisotopic (exact) mass is 492 g/mol. The second kappa shape index (κ2) is 9.32. The van der Waals surface area contributed by atoms with Gasteiger partial charge < -0.3 is 10.4 Å². The van der Waals surface area contributed by atoms with Crippen LogP contribution in [0.15, 0.2) is 65.8 Å². The maximum absolute atomic E-state index is 13.1. The van der Waals surface area contributed by atoms with E-state index in [1.807, 2.05) is 19.1 Å². The van der Waals surface area contributed by atoms with Gasteiger partial charge in [0.25, 0.3) is 0 Å². The Morgan fingerprint density at radius 3 is 2.38 bits per heavy atom. The third kappa shape index (κ3) is 5.21. The highest BCUT2D eigenvalue weighted by atomic mass is 32.2. The van der Waals surface area contributed by atoms with E-state index >= 15 is 0 Å². The summed E-state index contributed by atoms with van der Waals surface area (Å²) >= 11 is 0. The maximum Gasteiger partial charge on any atom is 0.417 e. The second-order valence-electron chi connectivity index (χ2n) is 8.11. The lowest BCUT2D eigenvalue weighted by Crippen LogP contribution is -2.51. The number of piperidine rings is 1. The van der Waals surface area contributed by atoms with Crippen molar-refractivity contribution >= 4 is 15.8 Å². The van der Waals surface area contributed by atoms with Crippen molar-refractivity contribution in [1.82, 2.24) is 14.3 Å². The van der Waals surface area contributed by atoms with Crippen molar-refractivity contribution in [3.05, 3.63) is 72.2 Å². The number of nitrogens with one attached hydrogen (secondary N) is 1. The van der Waals surface area contributed by atoms with Crippen LogP contribution in [0, 0.1) is 6.92 Å². The zero-order valence-electron chi connectivity index (χ0n) is 18.2. The van der Waals surface area contributed by atoms with E-state index in [0.29, 0.717) is 6.20 Å². The maximum atomic E-state index is 13.1. The quantitative estimate of drug-likeness (QED) is 0.564. The number of aliphatic hydroxyl groups excluding tert-OH is 1. The summed E-state index contributed by atoms with van der Waals surface area (Å²) in [6.07, 6.45) is -2.88. The smallest absolute Gasteiger partial charge is 0.390 e. The number of alkyl halides is 3. The SMILES string of the molecule is Cc1cc(-c2ccc(S(=O)(=O)N3CC[C@@H](Nc4ccc(C(F)(F)F)cn4)[C@@H](O)C3)cc2)ccn1. The van der Waals surface area contributed by atoms with Crippen LogP contribution in [-0.2, 0) is 16.2 Å². The first-order chi connectivity index (χ1) is 16.0. The molecule has 0 unspecified atom stereocenters. The van der Waals surface area contributed by atoms with Crippen molar-refractivity contribution in [3.63, 3.8) is 0 Å². The molecule has 3 heterocycles. The molecule has 0 amide bonds. The van der Waals surface area contributed by atoms with Gasteiger partial charge in [0, 0.05) is 31.2 Å². The van der Waals surface area contributed by atoms with Crippen LogP contribution in [0.2, 0.25) is 0 Å². The van der Waals surface area contributed by atoms with E-state index in [2.05, 4.69) is 15.3 Å². The van der Waals surface area contributed by atoms with Gasteiger partial charge in [-0.1, -0.05) is 12.1 Å². The van der Waals surface area contributed by atoms with Gasteiger partial charge in [-0.3, -0.25) is 4.98 Å². The average Bonchev–Trinajstić information content (AvgIpc) is 2.80. The van der Waals surface area contributed by atoms with Gasteiger partial charge in [0.1, 0.15) is 5.82 Å². The van der Waals surface area contributed by atoms with Crippen LogP contribution in [0.4, 0.5) is 19.0 Å². The Hall–Kier alpha value is -3.02. The summed E-state index contributed by atoms with van der Waals surface area (Å²) in [6.45, 7) is 1.87. The number of halogens is 3. The molecule has 1 saturated heterocycles. The van der Waals surface area contributed by atoms with Crippen LogP contribution in [-0.4, -0.2) is 53.0 Å². The van der Waals surface area contributed by atoms with Crippen molar-refractivity contribution in [2.45, 2.75) is 36.6 Å². The van der Waals surface area contributed by atoms with Gasteiger partial charge in [0.15, 0.2) is 0 Å². The summed E-state index contributed by atoms with van der Waals surface area (Å²) in [5.41, 5.74) is 1.77. The van der Waals surface area contributed by atoms with Crippen molar-refractivity contribution in [3.8, 4) is 11.1 Å². The van der Waals surface area contributed by atoms with Gasteiger partial charge in [0.05, 0.1) is 22.6 Å². The molecular weight excluding hydrogens is 469 g/mol. The van der Waals surface area contributed by atoms with Gasteiger partial charge in [-0.2, -0.15) is 17.5 Å². The minimum absolute atomic E-state index is 0.116. The number of pyridine rings is 2. The van der Waals surface area contributed by atoms with Crippen molar-refractivity contribution in [1.29, 1.82) is 0 Å². The first-order valence-corrected chi connectivity index (χ1v) is 12.0. The summed E-state index contributed by atoms with van der Waals surface area (Å²) < 4.78 is 65.5. The molecule has 1 aliphatic heterocycles. The summed E-state index contributed by atoms with van der Waals surface area (Å²) in [6, 6.07) is 11.8. The number of aliphatic hydroxyl groups is 1. The molecular formula is C23H23F3N4O3S. The van der Waals surface area contributed by atoms with Crippen LogP contribution in [0.25, 0.3) is 11.1 Å². The summed E-state index contributed by atoms with van der Waals surface area (Å²) in [4.78, 5) is 8.02. The first-order valence-electron chi connectivity index (χ1n) is 10.5. The predicted molar refractivity (Wildman–Crippen MR) is 120 cm³/mol. The van der Waals surface area contributed by atoms with Gasteiger partial charge in [0.2, 0.25) is 10.0 Å². The van der Waals surface area contributed by atoms with Crippen LogP contribution in [0.1, 0.15) is 17.7 Å². The predicted octanol–water partition coefficient (Wildman–Crippen LogP) is 3.71. The van der Waals surface area contributed by atoms with E-state index in [1.54, 1.807) is 18.3 Å². The molecule has 34 heavy (non-hydrogen) atoms. The highest BCUT2D eigenvalue weighted by Gasteiger charge is 2.35. The molecule has 0 radical (unpaired) electrons. The zero-order chi connectivity index (χ0) is 24.5. The molecule has 2 atom stereocenters. The fraction of sp³-hybridized carbons (Fsp3) is 0.304. The summed E-state index contributed by atoms with van der Waals surface area (Å²) in [5, 5.41) is 13.4. The Kier molecular flexibility index (Phi) is 6.61. The Balaban J connectivity index is 1.42. The number of nitrogens with zero attached hydrogens (tertiary/aromatic N) is 3. The minimum Gasteiger partial charge on any atom is -0.390 e. The lowest BCUT2D eigenvalue weighted by Gasteiger charge is -2.35. The minimum atomic E-state index is -4.49. The van der Waals surface area contributed by atoms with E-state index in [4.69, 9.17) is 0 Å². The number of aryl methyl sites for hydroxylation is 1. The van der Waals surface area contributed by atoms with Crippen LogP contribution in [0.5, 0.6) is 0 Å². The van der Waals surface area contributed by atoms with Gasteiger partial charge in [-0.25, -0.2) is 13.4 Å². The number of hydrogen-bond donors (Lipinski definition) is 2. The number of anilines is 1. The van der Waals surface area contributed by atoms with Gasteiger partial charge in [-0.05, 0) is 60.9 Å². The Morgan fingerprint density at radius 1 is 1.06 bits per heavy atom. The van der Waals surface area contributed by atoms with Crippen LogP contribution in [0.3, 0.4) is 0 Å². The topological polar surface area (TPSA) is 95.4 Å². The normalized spacial score (nSPS) is 19.7. The number of hydrogen-bond acceptors (Lipinski definition) is 6. The fourth-order valence-electron chi connectivity index (χ4n) is 3.82. The lowest BCUT2D eigenvalue weighted by molar-refractivity contribution is -0.137. The Labute approximate surface area is 195 Å². The van der Waals surface area contributed by atoms with Gasteiger partial charge >= 0.3 is 6.18 Å². The number of β-amino-alcohol motifs (C(OH)–C–C–N with tert-alkyl or cyclic N) is 1. The molecule has 2 N–H and O–H groups in total.